The maximum absolute atomic E-state index is 5.51. The molecule has 0 fully saturated rings. The van der Waals surface area contributed by atoms with E-state index >= 15 is 0 Å². The third-order valence-corrected chi connectivity index (χ3v) is 13.9. The second-order valence-electron chi connectivity index (χ2n) is 17.4. The lowest BCUT2D eigenvalue weighted by molar-refractivity contribution is 0.794. The van der Waals surface area contributed by atoms with Crippen LogP contribution in [-0.2, 0) is 5.41 Å². The number of hydrogen-bond acceptors (Lipinski definition) is 2. The van der Waals surface area contributed by atoms with Crippen LogP contribution in [0.25, 0.3) is 77.8 Å². The second kappa shape index (κ2) is 15.3. The third kappa shape index (κ3) is 5.92. The first-order valence-corrected chi connectivity index (χ1v) is 22.8. The van der Waals surface area contributed by atoms with E-state index in [2.05, 4.69) is 260 Å². The first-order chi connectivity index (χ1) is 32.7. The van der Waals surface area contributed by atoms with E-state index in [9.17, 15) is 0 Å². The first-order valence-electron chi connectivity index (χ1n) is 22.8. The molecule has 0 saturated heterocycles. The quantitative estimate of drug-likeness (QED) is 0.159. The van der Waals surface area contributed by atoms with Crippen LogP contribution in [0.1, 0.15) is 22.3 Å². The maximum atomic E-state index is 5.51. The number of rotatable bonds is 7. The van der Waals surface area contributed by atoms with E-state index in [4.69, 9.17) is 4.98 Å². The highest BCUT2D eigenvalue weighted by Gasteiger charge is 2.51. The Balaban J connectivity index is 0.948. The molecular formula is C64H42N2. The molecule has 11 aromatic rings. The Labute approximate surface area is 385 Å². The van der Waals surface area contributed by atoms with E-state index in [-0.39, 0.29) is 0 Å². The van der Waals surface area contributed by atoms with Crippen LogP contribution in [0.3, 0.4) is 0 Å². The van der Waals surface area contributed by atoms with Crippen LogP contribution in [0.2, 0.25) is 0 Å². The second-order valence-corrected chi connectivity index (χ2v) is 17.4. The Morgan fingerprint density at radius 3 is 1.18 bits per heavy atom. The maximum Gasteiger partial charge on any atom is 0.0788 e. The predicted octanol–water partition coefficient (Wildman–Crippen LogP) is 16.7. The summed E-state index contributed by atoms with van der Waals surface area (Å²) in [4.78, 5) is 7.86. The molecule has 308 valence electrons. The molecule has 0 aliphatic heterocycles. The summed E-state index contributed by atoms with van der Waals surface area (Å²) in [6.07, 6.45) is 0. The summed E-state index contributed by atoms with van der Waals surface area (Å²) in [6.45, 7) is 0. The van der Waals surface area contributed by atoms with Gasteiger partial charge in [0.25, 0.3) is 0 Å². The molecule has 0 radical (unpaired) electrons. The van der Waals surface area contributed by atoms with Gasteiger partial charge in [0.1, 0.15) is 0 Å². The van der Waals surface area contributed by atoms with Crippen molar-refractivity contribution in [1.82, 2.24) is 4.98 Å². The smallest absolute Gasteiger partial charge is 0.0788 e. The van der Waals surface area contributed by atoms with Crippen LogP contribution < -0.4 is 4.90 Å². The molecular weight excluding hydrogens is 797 g/mol. The average molecular weight is 839 g/mol. The Morgan fingerprint density at radius 2 is 0.667 bits per heavy atom. The Hall–Kier alpha value is -8.59. The van der Waals surface area contributed by atoms with Gasteiger partial charge in [-0.1, -0.05) is 200 Å². The lowest BCUT2D eigenvalue weighted by atomic mass is 9.70. The van der Waals surface area contributed by atoms with Gasteiger partial charge in [0.15, 0.2) is 0 Å². The largest absolute Gasteiger partial charge is 0.311 e. The van der Waals surface area contributed by atoms with Crippen LogP contribution in [0.15, 0.2) is 255 Å². The molecule has 0 bridgehead atoms. The van der Waals surface area contributed by atoms with E-state index in [1.165, 1.54) is 66.8 Å². The van der Waals surface area contributed by atoms with Gasteiger partial charge in [-0.15, -0.1) is 0 Å². The van der Waals surface area contributed by atoms with E-state index in [1.54, 1.807) is 0 Å². The minimum absolute atomic E-state index is 0.435. The number of anilines is 3. The fraction of sp³-hybridized carbons (Fsp3) is 0.0156. The SMILES string of the molecule is c1ccc(-c2ccc(N(c3ccc(-c4ccccc4)cc3)c3ccc(-c4cc5ccccc5nc4-c4ccc5c(c4)C4(c6ccccc6-c6ccccc64)c4ccccc4-5)cc3)cc2)cc1. The monoisotopic (exact) mass is 838 g/mol. The molecule has 2 heteroatoms. The lowest BCUT2D eigenvalue weighted by Gasteiger charge is -2.30. The molecule has 1 heterocycles. The summed E-state index contributed by atoms with van der Waals surface area (Å²) >= 11 is 0. The molecule has 13 rings (SSSR count). The van der Waals surface area contributed by atoms with Gasteiger partial charge in [0.05, 0.1) is 16.6 Å². The summed E-state index contributed by atoms with van der Waals surface area (Å²) < 4.78 is 0. The highest BCUT2D eigenvalue weighted by molar-refractivity contribution is 5.98. The Kier molecular flexibility index (Phi) is 8.79. The topological polar surface area (TPSA) is 16.1 Å². The molecule has 0 unspecified atom stereocenters. The highest BCUT2D eigenvalue weighted by Crippen LogP contribution is 2.63. The molecule has 0 atom stereocenters. The van der Waals surface area contributed by atoms with Crippen molar-refractivity contribution in [2.45, 2.75) is 5.41 Å². The van der Waals surface area contributed by atoms with Crippen LogP contribution in [-0.4, -0.2) is 4.98 Å². The predicted molar refractivity (Wildman–Crippen MR) is 274 cm³/mol. The summed E-state index contributed by atoms with van der Waals surface area (Å²) in [5, 5.41) is 1.11. The molecule has 2 aliphatic rings. The number of pyridine rings is 1. The minimum Gasteiger partial charge on any atom is -0.311 e. The van der Waals surface area contributed by atoms with Gasteiger partial charge < -0.3 is 4.90 Å². The van der Waals surface area contributed by atoms with Gasteiger partial charge in [0.2, 0.25) is 0 Å². The average Bonchev–Trinajstić information content (AvgIpc) is 3.87. The number of benzene rings is 10. The molecule has 2 nitrogen and oxygen atoms in total. The van der Waals surface area contributed by atoms with Gasteiger partial charge in [-0.2, -0.15) is 0 Å². The normalized spacial score (nSPS) is 12.7. The van der Waals surface area contributed by atoms with Crippen molar-refractivity contribution in [3.8, 4) is 66.9 Å². The molecule has 0 saturated carbocycles. The third-order valence-electron chi connectivity index (χ3n) is 13.9. The standard InChI is InChI=1S/C64H42N2/c1-3-15-43(16-4-1)45-27-34-50(35-28-45)66(51-36-29-46(30-37-51)44-17-5-2-6-18-44)52-38-31-47(32-39-52)57-41-48-19-7-14-26-62(48)65-63(57)49-33-40-56-55-22-10-13-25-60(55)64(61(56)42-49)58-23-11-8-20-53(58)54-21-9-12-24-59(54)64/h1-42H. The fourth-order valence-corrected chi connectivity index (χ4v) is 10.9. The summed E-state index contributed by atoms with van der Waals surface area (Å²) in [6, 6.07) is 92.9. The van der Waals surface area contributed by atoms with Gasteiger partial charge >= 0.3 is 0 Å². The van der Waals surface area contributed by atoms with Crippen molar-refractivity contribution in [3.63, 3.8) is 0 Å². The molecule has 0 amide bonds. The molecule has 10 aromatic carbocycles. The van der Waals surface area contributed by atoms with E-state index in [0.29, 0.717) is 0 Å². The van der Waals surface area contributed by atoms with Crippen molar-refractivity contribution in [2.75, 3.05) is 4.90 Å². The zero-order chi connectivity index (χ0) is 43.6. The van der Waals surface area contributed by atoms with Crippen LogP contribution in [0.5, 0.6) is 0 Å². The Morgan fingerprint density at radius 1 is 0.273 bits per heavy atom. The van der Waals surface area contributed by atoms with Gasteiger partial charge in [-0.05, 0) is 127 Å². The Bertz CT molecular complexity index is 3460. The lowest BCUT2D eigenvalue weighted by Crippen LogP contribution is -2.25. The minimum atomic E-state index is -0.435. The van der Waals surface area contributed by atoms with Crippen molar-refractivity contribution in [1.29, 1.82) is 0 Å². The summed E-state index contributed by atoms with van der Waals surface area (Å²) in [5.41, 5.74) is 23.4. The van der Waals surface area contributed by atoms with Crippen molar-refractivity contribution < 1.29 is 0 Å². The molecule has 66 heavy (non-hydrogen) atoms. The summed E-state index contributed by atoms with van der Waals surface area (Å²) in [7, 11) is 0. The molecule has 1 aromatic heterocycles. The summed E-state index contributed by atoms with van der Waals surface area (Å²) in [5.74, 6) is 0. The van der Waals surface area contributed by atoms with Crippen LogP contribution in [0.4, 0.5) is 17.1 Å². The number of para-hydroxylation sites is 1. The van der Waals surface area contributed by atoms with Crippen molar-refractivity contribution in [3.05, 3.63) is 277 Å². The van der Waals surface area contributed by atoms with Crippen LogP contribution >= 0.6 is 0 Å². The van der Waals surface area contributed by atoms with E-state index in [1.807, 2.05) is 0 Å². The number of hydrogen-bond donors (Lipinski definition) is 0. The van der Waals surface area contributed by atoms with E-state index in [0.717, 1.165) is 50.3 Å². The highest BCUT2D eigenvalue weighted by atomic mass is 15.1. The molecule has 0 N–H and O–H groups in total. The van der Waals surface area contributed by atoms with Gasteiger partial charge in [0, 0.05) is 33.6 Å². The first kappa shape index (κ1) is 37.9. The zero-order valence-electron chi connectivity index (χ0n) is 36.1. The number of nitrogens with zero attached hydrogens (tertiary/aromatic N) is 2. The van der Waals surface area contributed by atoms with Crippen molar-refractivity contribution >= 4 is 28.0 Å². The molecule has 1 spiro atoms. The van der Waals surface area contributed by atoms with E-state index < -0.39 is 5.41 Å². The number of aromatic nitrogens is 1. The zero-order valence-corrected chi connectivity index (χ0v) is 36.1. The van der Waals surface area contributed by atoms with Crippen LogP contribution in [0, 0.1) is 0 Å². The van der Waals surface area contributed by atoms with Gasteiger partial charge in [-0.25, -0.2) is 4.98 Å². The van der Waals surface area contributed by atoms with Crippen molar-refractivity contribution in [2.24, 2.45) is 0 Å². The van der Waals surface area contributed by atoms with Gasteiger partial charge in [-0.3, -0.25) is 0 Å². The molecule has 2 aliphatic carbocycles. The fourth-order valence-electron chi connectivity index (χ4n) is 10.9. The number of fused-ring (bicyclic) bond motifs is 11.